The molecule has 6 nitrogen and oxygen atoms in total. The maximum Gasteiger partial charge on any atom is 0.274 e. The van der Waals surface area contributed by atoms with Gasteiger partial charge in [-0.1, -0.05) is 6.07 Å². The molecule has 130 valence electrons. The number of fused-ring (bicyclic) bond motifs is 1. The summed E-state index contributed by atoms with van der Waals surface area (Å²) in [6.07, 6.45) is 6.20. The van der Waals surface area contributed by atoms with Crippen LogP contribution in [0.3, 0.4) is 0 Å². The molecule has 4 rings (SSSR count). The van der Waals surface area contributed by atoms with E-state index in [9.17, 15) is 4.79 Å². The van der Waals surface area contributed by atoms with Crippen LogP contribution in [0.4, 0.5) is 0 Å². The molecule has 0 radical (unpaired) electrons. The summed E-state index contributed by atoms with van der Waals surface area (Å²) < 4.78 is 6.50. The van der Waals surface area contributed by atoms with Gasteiger partial charge in [-0.3, -0.25) is 10.1 Å². The highest BCUT2D eigenvalue weighted by molar-refractivity contribution is 7.16. The predicted octanol–water partition coefficient (Wildman–Crippen LogP) is 2.67. The van der Waals surface area contributed by atoms with Crippen molar-refractivity contribution in [1.29, 1.82) is 0 Å². The van der Waals surface area contributed by atoms with Crippen LogP contribution in [0.1, 0.15) is 31.2 Å². The van der Waals surface area contributed by atoms with Gasteiger partial charge >= 0.3 is 0 Å². The molecule has 25 heavy (non-hydrogen) atoms. The van der Waals surface area contributed by atoms with Gasteiger partial charge < -0.3 is 10.1 Å². The molecule has 2 aromatic rings. The van der Waals surface area contributed by atoms with Crippen molar-refractivity contribution in [2.24, 2.45) is 4.99 Å². The number of ether oxygens (including phenoxy) is 1. The number of guanidine groups is 1. The van der Waals surface area contributed by atoms with Gasteiger partial charge in [-0.15, -0.1) is 11.3 Å². The number of benzene rings is 1. The predicted molar refractivity (Wildman–Crippen MR) is 99.4 cm³/mol. The van der Waals surface area contributed by atoms with Crippen molar-refractivity contribution in [3.8, 4) is 0 Å². The summed E-state index contributed by atoms with van der Waals surface area (Å²) in [5.74, 6) is 0.407. The largest absolute Gasteiger partial charge is 0.381 e. The first-order valence-electron chi connectivity index (χ1n) is 8.45. The molecular formula is C18H20N4O2S. The summed E-state index contributed by atoms with van der Waals surface area (Å²) in [4.78, 5) is 21.1. The third-order valence-corrected chi connectivity index (χ3v) is 5.48. The van der Waals surface area contributed by atoms with Crippen molar-refractivity contribution in [3.63, 3.8) is 0 Å². The third kappa shape index (κ3) is 3.57. The van der Waals surface area contributed by atoms with E-state index in [4.69, 9.17) is 4.74 Å². The molecule has 1 aliphatic carbocycles. The van der Waals surface area contributed by atoms with Crippen molar-refractivity contribution in [2.75, 3.05) is 7.11 Å². The minimum atomic E-state index is -0.145. The Kier molecular flexibility index (Phi) is 4.50. The molecule has 1 saturated carbocycles. The van der Waals surface area contributed by atoms with Crippen molar-refractivity contribution in [3.05, 3.63) is 35.0 Å². The van der Waals surface area contributed by atoms with E-state index in [0.717, 1.165) is 41.5 Å². The van der Waals surface area contributed by atoms with Crippen LogP contribution in [0.2, 0.25) is 0 Å². The third-order valence-electron chi connectivity index (χ3n) is 4.68. The number of carbonyl (C=O) groups is 1. The van der Waals surface area contributed by atoms with Crippen LogP contribution in [0, 0.1) is 0 Å². The summed E-state index contributed by atoms with van der Waals surface area (Å²) in [5.41, 5.74) is 4.29. The van der Waals surface area contributed by atoms with E-state index < -0.39 is 0 Å². The molecule has 2 aliphatic rings. The molecule has 2 fully saturated rings. The Bertz CT molecular complexity index is 850. The molecule has 2 N–H and O–H groups in total. The first kappa shape index (κ1) is 16.2. The lowest BCUT2D eigenvalue weighted by Gasteiger charge is -2.25. The van der Waals surface area contributed by atoms with Crippen molar-refractivity contribution < 1.29 is 9.53 Å². The summed E-state index contributed by atoms with van der Waals surface area (Å²) in [6.45, 7) is 0. The van der Waals surface area contributed by atoms with Crippen LogP contribution in [0.15, 0.2) is 34.4 Å². The van der Waals surface area contributed by atoms with E-state index in [1.54, 1.807) is 18.4 Å². The number of hydrogen-bond acceptors (Lipinski definition) is 5. The minimum absolute atomic E-state index is 0.145. The zero-order chi connectivity index (χ0) is 17.2. The number of thiazole rings is 1. The maximum atomic E-state index is 12.2. The Labute approximate surface area is 150 Å². The molecule has 1 aliphatic heterocycles. The highest BCUT2D eigenvalue weighted by Gasteiger charge is 2.25. The second-order valence-corrected chi connectivity index (χ2v) is 7.25. The molecule has 2 heterocycles. The number of nitrogens with zero attached hydrogens (tertiary/aromatic N) is 2. The molecular weight excluding hydrogens is 336 g/mol. The van der Waals surface area contributed by atoms with Crippen LogP contribution in [-0.2, 0) is 9.53 Å². The van der Waals surface area contributed by atoms with Gasteiger partial charge in [0.05, 0.1) is 27.9 Å². The smallest absolute Gasteiger partial charge is 0.274 e. The van der Waals surface area contributed by atoms with Gasteiger partial charge in [-0.05, 0) is 49.5 Å². The summed E-state index contributed by atoms with van der Waals surface area (Å²) >= 11 is 1.59. The first-order chi connectivity index (χ1) is 12.2. The van der Waals surface area contributed by atoms with Crippen LogP contribution in [-0.4, -0.2) is 36.1 Å². The Hall–Kier alpha value is -2.25. The van der Waals surface area contributed by atoms with Crippen LogP contribution < -0.4 is 10.6 Å². The fraction of sp³-hybridized carbons (Fsp3) is 0.389. The van der Waals surface area contributed by atoms with E-state index >= 15 is 0 Å². The van der Waals surface area contributed by atoms with Gasteiger partial charge in [0.1, 0.15) is 5.70 Å². The molecule has 0 atom stereocenters. The molecule has 0 unspecified atom stereocenters. The highest BCUT2D eigenvalue weighted by atomic mass is 32.1. The standard InChI is InChI=1S/C18H20N4O2S/c1-24-13-5-3-12(4-6-13)20-18-21-15(17(23)22-18)8-11-2-7-14-16(9-11)25-10-19-14/h2,7-10,12-13H,3-6H2,1H3,(H2,20,21,22,23)/b15-8-. The topological polar surface area (TPSA) is 75.6 Å². The molecule has 1 amide bonds. The summed E-state index contributed by atoms with van der Waals surface area (Å²) in [6, 6.07) is 6.21. The number of hydrogen-bond donors (Lipinski definition) is 2. The Morgan fingerprint density at radius 1 is 1.28 bits per heavy atom. The highest BCUT2D eigenvalue weighted by Crippen LogP contribution is 2.24. The van der Waals surface area contributed by atoms with Crippen LogP contribution in [0.5, 0.6) is 0 Å². The Balaban J connectivity index is 1.47. The van der Waals surface area contributed by atoms with Gasteiger partial charge in [-0.25, -0.2) is 9.98 Å². The fourth-order valence-corrected chi connectivity index (χ4v) is 4.00. The second kappa shape index (κ2) is 6.93. The van der Waals surface area contributed by atoms with Gasteiger partial charge in [0.15, 0.2) is 0 Å². The summed E-state index contributed by atoms with van der Waals surface area (Å²) in [7, 11) is 1.76. The van der Waals surface area contributed by atoms with E-state index in [2.05, 4.69) is 20.6 Å². The average molecular weight is 356 g/mol. The van der Waals surface area contributed by atoms with Gasteiger partial charge in [-0.2, -0.15) is 0 Å². The molecule has 1 saturated heterocycles. The monoisotopic (exact) mass is 356 g/mol. The molecule has 7 heteroatoms. The number of carbonyl (C=O) groups excluding carboxylic acids is 1. The Morgan fingerprint density at radius 2 is 2.12 bits per heavy atom. The second-order valence-electron chi connectivity index (χ2n) is 6.36. The molecule has 1 aromatic heterocycles. The fourth-order valence-electron chi connectivity index (χ4n) is 3.28. The number of aliphatic imine (C=N–C) groups is 1. The minimum Gasteiger partial charge on any atom is -0.381 e. The normalized spacial score (nSPS) is 27.0. The average Bonchev–Trinajstić information content (AvgIpc) is 3.22. The lowest BCUT2D eigenvalue weighted by atomic mass is 9.93. The zero-order valence-electron chi connectivity index (χ0n) is 14.0. The van der Waals surface area contributed by atoms with Gasteiger partial charge in [0.2, 0.25) is 5.96 Å². The number of nitrogens with one attached hydrogen (secondary N) is 2. The van der Waals surface area contributed by atoms with E-state index in [1.807, 2.05) is 29.8 Å². The number of amides is 1. The zero-order valence-corrected chi connectivity index (χ0v) is 14.8. The van der Waals surface area contributed by atoms with Gasteiger partial charge in [0, 0.05) is 7.11 Å². The van der Waals surface area contributed by atoms with Crippen LogP contribution >= 0.6 is 11.3 Å². The van der Waals surface area contributed by atoms with E-state index in [1.165, 1.54) is 0 Å². The Morgan fingerprint density at radius 3 is 2.92 bits per heavy atom. The quantitative estimate of drug-likeness (QED) is 0.829. The van der Waals surface area contributed by atoms with E-state index in [0.29, 0.717) is 17.8 Å². The lowest BCUT2D eigenvalue weighted by Crippen LogP contribution is -2.30. The van der Waals surface area contributed by atoms with Crippen LogP contribution in [0.25, 0.3) is 16.3 Å². The SMILES string of the molecule is COC1CCC(N=C2NC(=O)/C(=C/c3ccc4ncsc4c3)N2)CC1. The maximum absolute atomic E-state index is 12.2. The van der Waals surface area contributed by atoms with Crippen molar-refractivity contribution in [2.45, 2.75) is 37.8 Å². The van der Waals surface area contributed by atoms with Gasteiger partial charge in [0.25, 0.3) is 5.91 Å². The number of rotatable bonds is 3. The number of aromatic nitrogens is 1. The van der Waals surface area contributed by atoms with E-state index in [-0.39, 0.29) is 11.9 Å². The molecule has 1 aromatic carbocycles. The molecule has 0 spiro atoms. The summed E-state index contributed by atoms with van der Waals surface area (Å²) in [5, 5.41) is 5.93. The number of methoxy groups -OCH3 is 1. The van der Waals surface area contributed by atoms with Crippen molar-refractivity contribution >= 4 is 39.5 Å². The lowest BCUT2D eigenvalue weighted by molar-refractivity contribution is -0.115. The molecule has 0 bridgehead atoms. The first-order valence-corrected chi connectivity index (χ1v) is 9.33. The van der Waals surface area contributed by atoms with Crippen molar-refractivity contribution in [1.82, 2.24) is 15.6 Å².